The lowest BCUT2D eigenvalue weighted by Crippen LogP contribution is -2.43. The summed E-state index contributed by atoms with van der Waals surface area (Å²) in [6.07, 6.45) is 5.40. The van der Waals surface area contributed by atoms with Gasteiger partial charge in [0.2, 0.25) is 5.91 Å². The number of fused-ring (bicyclic) bond motifs is 3. The minimum Gasteiger partial charge on any atom is -0.356 e. The summed E-state index contributed by atoms with van der Waals surface area (Å²) in [6.45, 7) is 4.34. The summed E-state index contributed by atoms with van der Waals surface area (Å²) in [5, 5.41) is 3.61. The predicted molar refractivity (Wildman–Crippen MR) is 108 cm³/mol. The van der Waals surface area contributed by atoms with Crippen LogP contribution in [0.25, 0.3) is 20.3 Å². The van der Waals surface area contributed by atoms with Gasteiger partial charge in [-0.3, -0.25) is 4.79 Å². The first-order valence-corrected chi connectivity index (χ1v) is 10.3. The van der Waals surface area contributed by atoms with Gasteiger partial charge in [0.05, 0.1) is 21.5 Å². The average Bonchev–Trinajstić information content (AvgIpc) is 3.08. The highest BCUT2D eigenvalue weighted by Gasteiger charge is 2.28. The van der Waals surface area contributed by atoms with Crippen molar-refractivity contribution in [1.82, 2.24) is 15.3 Å². The van der Waals surface area contributed by atoms with Crippen LogP contribution < -0.4 is 10.2 Å². The molecule has 1 aliphatic rings. The van der Waals surface area contributed by atoms with E-state index in [9.17, 15) is 9.18 Å². The average molecular weight is 386 g/mol. The second-order valence-electron chi connectivity index (χ2n) is 7.02. The van der Waals surface area contributed by atoms with Crippen molar-refractivity contribution in [3.63, 3.8) is 0 Å². The fraction of sp³-hybridized carbons (Fsp3) is 0.450. The minimum absolute atomic E-state index is 0.0354. The molecule has 2 aromatic heterocycles. The van der Waals surface area contributed by atoms with E-state index in [2.05, 4.69) is 27.1 Å². The third kappa shape index (κ3) is 3.48. The summed E-state index contributed by atoms with van der Waals surface area (Å²) in [5.74, 6) is 0.648. The molecule has 0 bridgehead atoms. The first kappa shape index (κ1) is 18.1. The van der Waals surface area contributed by atoms with Gasteiger partial charge in [-0.05, 0) is 31.4 Å². The lowest BCUT2D eigenvalue weighted by Gasteiger charge is -2.33. The van der Waals surface area contributed by atoms with E-state index < -0.39 is 0 Å². The smallest absolute Gasteiger partial charge is 0.224 e. The van der Waals surface area contributed by atoms with Gasteiger partial charge in [-0.25, -0.2) is 14.4 Å². The Morgan fingerprint density at radius 1 is 1.41 bits per heavy atom. The quantitative estimate of drug-likeness (QED) is 0.670. The van der Waals surface area contributed by atoms with E-state index in [-0.39, 0.29) is 17.6 Å². The van der Waals surface area contributed by atoms with Crippen molar-refractivity contribution in [2.75, 3.05) is 24.5 Å². The molecule has 1 saturated heterocycles. The van der Waals surface area contributed by atoms with E-state index in [0.29, 0.717) is 17.4 Å². The number of thiophene rings is 1. The number of hydrogen-bond donors (Lipinski definition) is 1. The van der Waals surface area contributed by atoms with Gasteiger partial charge in [0.25, 0.3) is 0 Å². The van der Waals surface area contributed by atoms with Crippen molar-refractivity contribution in [2.45, 2.75) is 32.6 Å². The summed E-state index contributed by atoms with van der Waals surface area (Å²) >= 11 is 1.52. The molecule has 0 saturated carbocycles. The Hall–Kier alpha value is -2.28. The van der Waals surface area contributed by atoms with Crippen molar-refractivity contribution < 1.29 is 9.18 Å². The molecule has 1 unspecified atom stereocenters. The van der Waals surface area contributed by atoms with Crippen molar-refractivity contribution in [3.05, 3.63) is 30.3 Å². The number of rotatable bonds is 5. The predicted octanol–water partition coefficient (Wildman–Crippen LogP) is 4.12. The highest BCUT2D eigenvalue weighted by atomic mass is 32.1. The Balaban J connectivity index is 1.63. The SMILES string of the molecule is CCCCNC(=O)C1CCCN(c2ncnc3c2sc2cccc(F)c23)C1. The van der Waals surface area contributed by atoms with Crippen molar-refractivity contribution in [1.29, 1.82) is 0 Å². The maximum atomic E-state index is 14.3. The minimum atomic E-state index is -0.254. The third-order valence-corrected chi connectivity index (χ3v) is 6.27. The molecule has 1 aliphatic heterocycles. The zero-order chi connectivity index (χ0) is 18.8. The lowest BCUT2D eigenvalue weighted by atomic mass is 9.97. The largest absolute Gasteiger partial charge is 0.356 e. The van der Waals surface area contributed by atoms with E-state index in [1.54, 1.807) is 6.07 Å². The van der Waals surface area contributed by atoms with Gasteiger partial charge < -0.3 is 10.2 Å². The van der Waals surface area contributed by atoms with Crippen LogP contribution in [0.15, 0.2) is 24.5 Å². The molecule has 5 nitrogen and oxygen atoms in total. The standard InChI is InChI=1S/C20H23FN4OS/c1-2-3-9-22-20(26)13-6-5-10-25(11-13)19-18-17(23-12-24-19)16-14(21)7-4-8-15(16)27-18/h4,7-8,12-13H,2-3,5-6,9-11H2,1H3,(H,22,26). The number of anilines is 1. The number of aromatic nitrogens is 2. The van der Waals surface area contributed by atoms with Gasteiger partial charge in [0, 0.05) is 24.3 Å². The molecule has 1 atom stereocenters. The third-order valence-electron chi connectivity index (χ3n) is 5.13. The molecular formula is C20H23FN4OS. The summed E-state index contributed by atoms with van der Waals surface area (Å²) in [4.78, 5) is 23.5. The second-order valence-corrected chi connectivity index (χ2v) is 8.07. The van der Waals surface area contributed by atoms with E-state index in [1.807, 2.05) is 6.07 Å². The maximum Gasteiger partial charge on any atom is 0.224 e. The molecule has 3 heterocycles. The molecule has 1 fully saturated rings. The number of halogens is 1. The number of carbonyl (C=O) groups excluding carboxylic acids is 1. The zero-order valence-corrected chi connectivity index (χ0v) is 16.2. The fourth-order valence-electron chi connectivity index (χ4n) is 3.71. The Labute approximate surface area is 161 Å². The van der Waals surface area contributed by atoms with Crippen LogP contribution >= 0.6 is 11.3 Å². The number of nitrogens with one attached hydrogen (secondary N) is 1. The molecule has 1 N–H and O–H groups in total. The molecule has 0 spiro atoms. The van der Waals surface area contributed by atoms with Crippen LogP contribution in [0, 0.1) is 11.7 Å². The number of amides is 1. The van der Waals surface area contributed by atoms with Gasteiger partial charge in [-0.2, -0.15) is 0 Å². The van der Waals surface area contributed by atoms with E-state index in [4.69, 9.17) is 0 Å². The zero-order valence-electron chi connectivity index (χ0n) is 15.4. The summed E-state index contributed by atoms with van der Waals surface area (Å²) in [5.41, 5.74) is 0.660. The number of benzene rings is 1. The van der Waals surface area contributed by atoms with Crippen molar-refractivity contribution in [3.8, 4) is 0 Å². The Morgan fingerprint density at radius 3 is 3.15 bits per heavy atom. The molecule has 7 heteroatoms. The monoisotopic (exact) mass is 386 g/mol. The number of nitrogens with zero attached hydrogens (tertiary/aromatic N) is 3. The molecule has 1 amide bonds. The van der Waals surface area contributed by atoms with Gasteiger partial charge in [0.1, 0.15) is 18.0 Å². The fourth-order valence-corrected chi connectivity index (χ4v) is 4.89. The number of piperidine rings is 1. The van der Waals surface area contributed by atoms with Gasteiger partial charge in [0.15, 0.2) is 0 Å². The summed E-state index contributed by atoms with van der Waals surface area (Å²) < 4.78 is 16.1. The molecular weight excluding hydrogens is 363 g/mol. The highest BCUT2D eigenvalue weighted by molar-refractivity contribution is 7.26. The van der Waals surface area contributed by atoms with Crippen LogP contribution in [0.2, 0.25) is 0 Å². The van der Waals surface area contributed by atoms with Crippen molar-refractivity contribution >= 4 is 43.4 Å². The Morgan fingerprint density at radius 2 is 2.30 bits per heavy atom. The van der Waals surface area contributed by atoms with Crippen LogP contribution in [-0.4, -0.2) is 35.5 Å². The molecule has 0 radical (unpaired) electrons. The molecule has 142 valence electrons. The molecule has 1 aromatic carbocycles. The molecule has 3 aromatic rings. The molecule has 4 rings (SSSR count). The summed E-state index contributed by atoms with van der Waals surface area (Å²) in [6, 6.07) is 5.10. The summed E-state index contributed by atoms with van der Waals surface area (Å²) in [7, 11) is 0. The van der Waals surface area contributed by atoms with Crippen LogP contribution in [0.1, 0.15) is 32.6 Å². The molecule has 27 heavy (non-hydrogen) atoms. The van der Waals surface area contributed by atoms with Gasteiger partial charge in [-0.1, -0.05) is 19.4 Å². The first-order valence-electron chi connectivity index (χ1n) is 9.53. The lowest BCUT2D eigenvalue weighted by molar-refractivity contribution is -0.125. The number of hydrogen-bond acceptors (Lipinski definition) is 5. The van der Waals surface area contributed by atoms with Crippen LogP contribution in [-0.2, 0) is 4.79 Å². The number of carbonyl (C=O) groups is 1. The van der Waals surface area contributed by atoms with Gasteiger partial charge in [-0.15, -0.1) is 11.3 Å². The van der Waals surface area contributed by atoms with Gasteiger partial charge >= 0.3 is 0 Å². The van der Waals surface area contributed by atoms with Crippen LogP contribution in [0.5, 0.6) is 0 Å². The van der Waals surface area contributed by atoms with E-state index in [1.165, 1.54) is 23.7 Å². The van der Waals surface area contributed by atoms with E-state index >= 15 is 0 Å². The number of unbranched alkanes of at least 4 members (excludes halogenated alkanes) is 1. The normalized spacial score (nSPS) is 17.6. The Bertz CT molecular complexity index is 973. The van der Waals surface area contributed by atoms with Crippen LogP contribution in [0.3, 0.4) is 0 Å². The van der Waals surface area contributed by atoms with E-state index in [0.717, 1.165) is 54.0 Å². The highest BCUT2D eigenvalue weighted by Crippen LogP contribution is 2.39. The van der Waals surface area contributed by atoms with Crippen LogP contribution in [0.4, 0.5) is 10.2 Å². The molecule has 0 aliphatic carbocycles. The maximum absolute atomic E-state index is 14.3. The van der Waals surface area contributed by atoms with Crippen molar-refractivity contribution in [2.24, 2.45) is 5.92 Å². The Kier molecular flexibility index (Phi) is 5.20. The topological polar surface area (TPSA) is 58.1 Å². The first-order chi connectivity index (χ1) is 13.2. The second kappa shape index (κ2) is 7.76.